The number of hydrogen-bond donors (Lipinski definition) is 1. The van der Waals surface area contributed by atoms with Crippen LogP contribution < -0.4 is 0 Å². The van der Waals surface area contributed by atoms with Crippen LogP contribution in [0.4, 0.5) is 13.2 Å². The molecule has 0 saturated carbocycles. The maximum absolute atomic E-state index is 13.3. The van der Waals surface area contributed by atoms with Gasteiger partial charge in [-0.1, -0.05) is 18.2 Å². The van der Waals surface area contributed by atoms with Gasteiger partial charge in [-0.25, -0.2) is 4.79 Å². The zero-order chi connectivity index (χ0) is 15.8. The Bertz CT molecular complexity index is 678. The maximum atomic E-state index is 13.3. The first-order chi connectivity index (χ1) is 9.73. The average molecular weight is 301 g/mol. The number of rotatable bonds is 3. The van der Waals surface area contributed by atoms with Gasteiger partial charge in [-0.3, -0.25) is 0 Å². The molecule has 21 heavy (non-hydrogen) atoms. The molecule has 4 nitrogen and oxygen atoms in total. The number of carbonyl (C=O) groups excluding carboxylic acids is 1. The molecule has 1 aromatic heterocycles. The second kappa shape index (κ2) is 5.07. The Morgan fingerprint density at radius 3 is 2.52 bits per heavy atom. The van der Waals surface area contributed by atoms with Crippen LogP contribution in [0.5, 0.6) is 0 Å². The first kappa shape index (κ1) is 15.4. The monoisotopic (exact) mass is 301 g/mol. The SMILES string of the molecule is CCOC(=O)[C@](O)(c1cn(C)c2ccccc12)C(F)(F)F. The minimum atomic E-state index is -5.19. The molecule has 1 atom stereocenters. The Balaban J connectivity index is 2.74. The van der Waals surface area contributed by atoms with Crippen molar-refractivity contribution in [2.24, 2.45) is 7.05 Å². The highest BCUT2D eigenvalue weighted by Crippen LogP contribution is 2.43. The summed E-state index contributed by atoms with van der Waals surface area (Å²) >= 11 is 0. The van der Waals surface area contributed by atoms with Gasteiger partial charge in [0.2, 0.25) is 0 Å². The fourth-order valence-corrected chi connectivity index (χ4v) is 2.24. The molecule has 1 N–H and O–H groups in total. The van der Waals surface area contributed by atoms with Crippen LogP contribution in [0.1, 0.15) is 12.5 Å². The summed E-state index contributed by atoms with van der Waals surface area (Å²) in [6, 6.07) is 6.21. The molecule has 0 amide bonds. The number of aromatic nitrogens is 1. The van der Waals surface area contributed by atoms with Crippen molar-refractivity contribution < 1.29 is 27.8 Å². The Labute approximate surface area is 118 Å². The van der Waals surface area contributed by atoms with Crippen molar-refractivity contribution in [3.8, 4) is 0 Å². The fourth-order valence-electron chi connectivity index (χ4n) is 2.24. The number of carbonyl (C=O) groups is 1. The number of esters is 1. The lowest BCUT2D eigenvalue weighted by molar-refractivity contribution is -0.267. The van der Waals surface area contributed by atoms with Gasteiger partial charge in [0.15, 0.2) is 0 Å². The quantitative estimate of drug-likeness (QED) is 0.886. The smallest absolute Gasteiger partial charge is 0.432 e. The number of halogens is 3. The summed E-state index contributed by atoms with van der Waals surface area (Å²) in [7, 11) is 1.54. The van der Waals surface area contributed by atoms with Gasteiger partial charge < -0.3 is 14.4 Å². The van der Waals surface area contributed by atoms with Gasteiger partial charge in [0.05, 0.1) is 6.61 Å². The predicted molar refractivity (Wildman–Crippen MR) is 69.5 cm³/mol. The third-order valence-corrected chi connectivity index (χ3v) is 3.27. The number of benzene rings is 1. The van der Waals surface area contributed by atoms with Gasteiger partial charge in [0.25, 0.3) is 5.60 Å². The second-order valence-electron chi connectivity index (χ2n) is 4.60. The number of nitrogens with zero attached hydrogens (tertiary/aromatic N) is 1. The zero-order valence-electron chi connectivity index (χ0n) is 11.4. The molecule has 2 aromatic rings. The molecule has 2 rings (SSSR count). The van der Waals surface area contributed by atoms with Gasteiger partial charge in [0, 0.05) is 29.7 Å². The van der Waals surface area contributed by atoms with Crippen LogP contribution in [-0.2, 0) is 22.2 Å². The molecule has 114 valence electrons. The standard InChI is InChI=1S/C14H14F3NO3/c1-3-21-12(19)13(20,14(15,16)17)10-8-18(2)11-7-5-4-6-9(10)11/h4-8,20H,3H2,1-2H3/t13-/m1/s1. The lowest BCUT2D eigenvalue weighted by Gasteiger charge is -2.27. The Hall–Kier alpha value is -2.02. The molecular formula is C14H14F3NO3. The Morgan fingerprint density at radius 1 is 1.33 bits per heavy atom. The lowest BCUT2D eigenvalue weighted by atomic mass is 9.92. The summed E-state index contributed by atoms with van der Waals surface area (Å²) < 4.78 is 45.9. The molecule has 0 aliphatic heterocycles. The summed E-state index contributed by atoms with van der Waals surface area (Å²) in [6.07, 6.45) is -4.10. The fraction of sp³-hybridized carbons (Fsp3) is 0.357. The molecule has 7 heteroatoms. The van der Waals surface area contributed by atoms with Crippen LogP contribution in [0.2, 0.25) is 0 Å². The van der Waals surface area contributed by atoms with E-state index >= 15 is 0 Å². The van der Waals surface area contributed by atoms with E-state index < -0.39 is 23.3 Å². The van der Waals surface area contributed by atoms with E-state index in [2.05, 4.69) is 4.74 Å². The number of aryl methyl sites for hydroxylation is 1. The highest BCUT2D eigenvalue weighted by atomic mass is 19.4. The summed E-state index contributed by atoms with van der Waals surface area (Å²) in [6.45, 7) is 1.11. The molecular weight excluding hydrogens is 287 g/mol. The molecule has 0 unspecified atom stereocenters. The second-order valence-corrected chi connectivity index (χ2v) is 4.60. The first-order valence-corrected chi connectivity index (χ1v) is 6.24. The van der Waals surface area contributed by atoms with Crippen molar-refractivity contribution in [1.29, 1.82) is 0 Å². The zero-order valence-corrected chi connectivity index (χ0v) is 11.4. The molecule has 0 aliphatic carbocycles. The van der Waals surface area contributed by atoms with Crippen LogP contribution in [0.15, 0.2) is 30.5 Å². The van der Waals surface area contributed by atoms with Gasteiger partial charge in [0.1, 0.15) is 0 Å². The Kier molecular flexibility index (Phi) is 3.71. The van der Waals surface area contributed by atoms with Crippen molar-refractivity contribution >= 4 is 16.9 Å². The highest BCUT2D eigenvalue weighted by molar-refractivity contribution is 5.92. The number of ether oxygens (including phenoxy) is 1. The Morgan fingerprint density at radius 2 is 1.95 bits per heavy atom. The minimum absolute atomic E-state index is 0.146. The molecule has 0 fully saturated rings. The predicted octanol–water partition coefficient (Wildman–Crippen LogP) is 2.49. The van der Waals surface area contributed by atoms with Crippen molar-refractivity contribution in [2.45, 2.75) is 18.7 Å². The highest BCUT2D eigenvalue weighted by Gasteiger charge is 2.63. The van der Waals surface area contributed by atoms with E-state index in [0.29, 0.717) is 5.52 Å². The van der Waals surface area contributed by atoms with Gasteiger partial charge in [-0.05, 0) is 13.0 Å². The summed E-state index contributed by atoms with van der Waals surface area (Å²) in [4.78, 5) is 11.8. The van der Waals surface area contributed by atoms with Crippen LogP contribution >= 0.6 is 0 Å². The summed E-state index contributed by atoms with van der Waals surface area (Å²) in [5.41, 5.74) is -3.75. The van der Waals surface area contributed by atoms with Crippen molar-refractivity contribution in [3.63, 3.8) is 0 Å². The normalized spacial score (nSPS) is 15.0. The van der Waals surface area contributed by atoms with E-state index in [1.807, 2.05) is 0 Å². The number of aliphatic hydroxyl groups is 1. The number of para-hydroxylation sites is 1. The average Bonchev–Trinajstić information content (AvgIpc) is 2.75. The maximum Gasteiger partial charge on any atom is 0.432 e. The van der Waals surface area contributed by atoms with Gasteiger partial charge >= 0.3 is 12.1 Å². The third-order valence-electron chi connectivity index (χ3n) is 3.27. The number of hydrogen-bond acceptors (Lipinski definition) is 3. The molecule has 1 aromatic carbocycles. The molecule has 1 heterocycles. The molecule has 0 spiro atoms. The van der Waals surface area contributed by atoms with E-state index in [4.69, 9.17) is 0 Å². The summed E-state index contributed by atoms with van der Waals surface area (Å²) in [5.74, 6) is -1.73. The van der Waals surface area contributed by atoms with E-state index in [9.17, 15) is 23.1 Å². The van der Waals surface area contributed by atoms with Gasteiger partial charge in [-0.2, -0.15) is 13.2 Å². The van der Waals surface area contributed by atoms with E-state index in [-0.39, 0.29) is 12.0 Å². The molecule has 0 bridgehead atoms. The van der Waals surface area contributed by atoms with Crippen molar-refractivity contribution in [2.75, 3.05) is 6.61 Å². The minimum Gasteiger partial charge on any atom is -0.463 e. The van der Waals surface area contributed by atoms with E-state index in [1.54, 1.807) is 12.1 Å². The molecule has 0 aliphatic rings. The molecule has 0 saturated heterocycles. The summed E-state index contributed by atoms with van der Waals surface area (Å²) in [5, 5.41) is 10.3. The number of alkyl halides is 3. The lowest BCUT2D eigenvalue weighted by Crippen LogP contribution is -2.50. The van der Waals surface area contributed by atoms with Crippen molar-refractivity contribution in [3.05, 3.63) is 36.0 Å². The molecule has 0 radical (unpaired) electrons. The third kappa shape index (κ3) is 2.27. The largest absolute Gasteiger partial charge is 0.463 e. The number of fused-ring (bicyclic) bond motifs is 1. The first-order valence-electron chi connectivity index (χ1n) is 6.24. The van der Waals surface area contributed by atoms with Crippen LogP contribution in [-0.4, -0.2) is 28.4 Å². The van der Waals surface area contributed by atoms with E-state index in [0.717, 1.165) is 6.20 Å². The van der Waals surface area contributed by atoms with E-state index in [1.165, 1.54) is 30.7 Å². The van der Waals surface area contributed by atoms with Gasteiger partial charge in [-0.15, -0.1) is 0 Å². The van der Waals surface area contributed by atoms with Crippen LogP contribution in [0.25, 0.3) is 10.9 Å². The van der Waals surface area contributed by atoms with Crippen LogP contribution in [0, 0.1) is 0 Å². The topological polar surface area (TPSA) is 51.5 Å². The van der Waals surface area contributed by atoms with Crippen LogP contribution in [0.3, 0.4) is 0 Å². The van der Waals surface area contributed by atoms with Crippen molar-refractivity contribution in [1.82, 2.24) is 4.57 Å².